The molecule has 0 atom stereocenters. The van der Waals surface area contributed by atoms with E-state index in [-0.39, 0.29) is 22.5 Å². The van der Waals surface area contributed by atoms with Crippen molar-refractivity contribution in [2.75, 3.05) is 44.0 Å². The van der Waals surface area contributed by atoms with Crippen molar-refractivity contribution >= 4 is 45.4 Å². The van der Waals surface area contributed by atoms with Gasteiger partial charge in [-0.15, -0.1) is 23.7 Å². The first-order chi connectivity index (χ1) is 12.5. The third kappa shape index (κ3) is 6.18. The van der Waals surface area contributed by atoms with E-state index in [1.165, 1.54) is 0 Å². The van der Waals surface area contributed by atoms with E-state index in [4.69, 9.17) is 0 Å². The van der Waals surface area contributed by atoms with Crippen LogP contribution >= 0.6 is 23.7 Å². The van der Waals surface area contributed by atoms with E-state index >= 15 is 0 Å². The smallest absolute Gasteiger partial charge is 0.271 e. The molecule has 1 saturated heterocycles. The number of thiophene rings is 1. The molecule has 0 spiro atoms. The van der Waals surface area contributed by atoms with Crippen LogP contribution in [0.1, 0.15) is 10.4 Å². The van der Waals surface area contributed by atoms with Crippen LogP contribution in [0.4, 0.5) is 5.69 Å². The van der Waals surface area contributed by atoms with Crippen LogP contribution < -0.4 is 15.4 Å². The topological polar surface area (TPSA) is 90.5 Å². The molecule has 1 aromatic carbocycles. The fraction of sp³-hybridized carbons (Fsp3) is 0.353. The van der Waals surface area contributed by atoms with E-state index in [1.54, 1.807) is 41.8 Å². The predicted octanol–water partition coefficient (Wildman–Crippen LogP) is 1.61. The Morgan fingerprint density at radius 1 is 1.19 bits per heavy atom. The number of carbonyl (C=O) groups is 1. The summed E-state index contributed by atoms with van der Waals surface area (Å²) >= 11 is 1.15. The highest BCUT2D eigenvalue weighted by atomic mass is 35.5. The molecule has 1 aromatic heterocycles. The van der Waals surface area contributed by atoms with Gasteiger partial charge in [0.05, 0.1) is 0 Å². The monoisotopic (exact) mass is 430 g/mol. The fourth-order valence-electron chi connectivity index (χ4n) is 2.71. The lowest BCUT2D eigenvalue weighted by Crippen LogP contribution is -2.46. The molecular formula is C17H23ClN4O3S2. The number of carbonyl (C=O) groups excluding carboxylic acids is 1. The van der Waals surface area contributed by atoms with E-state index in [1.807, 2.05) is 0 Å². The Labute approximate surface area is 169 Å². The first kappa shape index (κ1) is 21.6. The van der Waals surface area contributed by atoms with Gasteiger partial charge in [-0.1, -0.05) is 12.1 Å². The molecule has 7 nitrogen and oxygen atoms in total. The van der Waals surface area contributed by atoms with Crippen LogP contribution in [-0.2, 0) is 10.0 Å². The maximum absolute atomic E-state index is 12.3. The van der Waals surface area contributed by atoms with E-state index < -0.39 is 10.0 Å². The van der Waals surface area contributed by atoms with Gasteiger partial charge in [0.2, 0.25) is 0 Å². The number of benzene rings is 1. The SMILES string of the molecule is Cl.O=C(NCCN1CCNCC1)c1cccc(NS(=O)(=O)c2cccs2)c1. The molecule has 1 amide bonds. The Kier molecular flexibility index (Phi) is 8.06. The van der Waals surface area contributed by atoms with Gasteiger partial charge in [0.1, 0.15) is 4.21 Å². The summed E-state index contributed by atoms with van der Waals surface area (Å²) in [6, 6.07) is 9.73. The summed E-state index contributed by atoms with van der Waals surface area (Å²) in [5.74, 6) is -0.211. The Morgan fingerprint density at radius 2 is 1.96 bits per heavy atom. The summed E-state index contributed by atoms with van der Waals surface area (Å²) in [5, 5.41) is 7.88. The molecule has 1 fully saturated rings. The molecular weight excluding hydrogens is 408 g/mol. The summed E-state index contributed by atoms with van der Waals surface area (Å²) in [4.78, 5) is 14.6. The van der Waals surface area contributed by atoms with Crippen molar-refractivity contribution in [2.24, 2.45) is 0 Å². The molecule has 27 heavy (non-hydrogen) atoms. The van der Waals surface area contributed by atoms with Gasteiger partial charge in [-0.25, -0.2) is 8.42 Å². The minimum Gasteiger partial charge on any atom is -0.351 e. The number of hydrogen-bond donors (Lipinski definition) is 3. The van der Waals surface area contributed by atoms with Gasteiger partial charge in [0, 0.05) is 50.5 Å². The van der Waals surface area contributed by atoms with Gasteiger partial charge in [0.15, 0.2) is 0 Å². The molecule has 1 aliphatic heterocycles. The summed E-state index contributed by atoms with van der Waals surface area (Å²) < 4.78 is 27.3. The number of nitrogens with one attached hydrogen (secondary N) is 3. The number of anilines is 1. The number of nitrogens with zero attached hydrogens (tertiary/aromatic N) is 1. The molecule has 3 rings (SSSR count). The lowest BCUT2D eigenvalue weighted by Gasteiger charge is -2.27. The van der Waals surface area contributed by atoms with Crippen molar-refractivity contribution < 1.29 is 13.2 Å². The van der Waals surface area contributed by atoms with E-state index in [0.29, 0.717) is 17.8 Å². The van der Waals surface area contributed by atoms with E-state index in [0.717, 1.165) is 44.1 Å². The second-order valence-corrected chi connectivity index (χ2v) is 8.82. The third-order valence-corrected chi connectivity index (χ3v) is 6.84. The zero-order chi connectivity index (χ0) is 18.4. The molecule has 0 unspecified atom stereocenters. The second kappa shape index (κ2) is 10.0. The van der Waals surface area contributed by atoms with Crippen LogP contribution in [0.3, 0.4) is 0 Å². The Balaban J connectivity index is 0.00000261. The quantitative estimate of drug-likeness (QED) is 0.620. The standard InChI is InChI=1S/C17H22N4O3S2.ClH/c22-17(19-8-11-21-9-6-18-7-10-21)14-3-1-4-15(13-14)20-26(23,24)16-5-2-12-25-16;/h1-5,12-13,18,20H,6-11H2,(H,19,22);1H. The van der Waals surface area contributed by atoms with E-state index in [2.05, 4.69) is 20.3 Å². The molecule has 2 heterocycles. The number of rotatable bonds is 7. The van der Waals surface area contributed by atoms with Crippen molar-refractivity contribution in [2.45, 2.75) is 4.21 Å². The number of sulfonamides is 1. The molecule has 0 radical (unpaired) electrons. The van der Waals surface area contributed by atoms with Gasteiger partial charge in [0.25, 0.3) is 15.9 Å². The van der Waals surface area contributed by atoms with Crippen molar-refractivity contribution in [3.8, 4) is 0 Å². The summed E-state index contributed by atoms with van der Waals surface area (Å²) in [5.41, 5.74) is 0.796. The van der Waals surface area contributed by atoms with Gasteiger partial charge >= 0.3 is 0 Å². The zero-order valence-electron chi connectivity index (χ0n) is 14.7. The minimum absolute atomic E-state index is 0. The predicted molar refractivity (Wildman–Crippen MR) is 110 cm³/mol. The number of piperazine rings is 1. The van der Waals surface area contributed by atoms with Gasteiger partial charge in [-0.05, 0) is 29.6 Å². The highest BCUT2D eigenvalue weighted by Crippen LogP contribution is 2.20. The summed E-state index contributed by atoms with van der Waals surface area (Å²) in [7, 11) is -3.62. The zero-order valence-corrected chi connectivity index (χ0v) is 17.1. The Hall–Kier alpha value is -1.65. The van der Waals surface area contributed by atoms with Gasteiger partial charge in [-0.2, -0.15) is 0 Å². The number of hydrogen-bond acceptors (Lipinski definition) is 6. The molecule has 148 valence electrons. The number of halogens is 1. The van der Waals surface area contributed by atoms with E-state index in [9.17, 15) is 13.2 Å². The highest BCUT2D eigenvalue weighted by Gasteiger charge is 2.16. The Morgan fingerprint density at radius 3 is 2.67 bits per heavy atom. The molecule has 10 heteroatoms. The lowest BCUT2D eigenvalue weighted by molar-refractivity contribution is 0.0947. The second-order valence-electron chi connectivity index (χ2n) is 5.97. The first-order valence-electron chi connectivity index (χ1n) is 8.42. The van der Waals surface area contributed by atoms with Crippen molar-refractivity contribution in [3.05, 3.63) is 47.3 Å². The molecule has 1 aliphatic rings. The molecule has 0 bridgehead atoms. The van der Waals surface area contributed by atoms with Gasteiger partial charge < -0.3 is 10.6 Å². The maximum Gasteiger partial charge on any atom is 0.271 e. The average molecular weight is 431 g/mol. The Bertz CT molecular complexity index is 838. The lowest BCUT2D eigenvalue weighted by atomic mass is 10.2. The highest BCUT2D eigenvalue weighted by molar-refractivity contribution is 7.94. The van der Waals surface area contributed by atoms with Crippen LogP contribution in [0.5, 0.6) is 0 Å². The maximum atomic E-state index is 12.3. The number of amides is 1. The van der Waals surface area contributed by atoms with Crippen LogP contribution in [0.25, 0.3) is 0 Å². The van der Waals surface area contributed by atoms with Gasteiger partial charge in [-0.3, -0.25) is 14.4 Å². The van der Waals surface area contributed by atoms with Crippen LogP contribution in [0.2, 0.25) is 0 Å². The molecule has 0 saturated carbocycles. The summed E-state index contributed by atoms with van der Waals surface area (Å²) in [6.45, 7) is 5.27. The minimum atomic E-state index is -3.62. The van der Waals surface area contributed by atoms with Crippen LogP contribution in [0.15, 0.2) is 46.0 Å². The molecule has 0 aliphatic carbocycles. The van der Waals surface area contributed by atoms with Crippen LogP contribution in [0, 0.1) is 0 Å². The van der Waals surface area contributed by atoms with Crippen molar-refractivity contribution in [1.82, 2.24) is 15.5 Å². The molecule has 3 N–H and O–H groups in total. The largest absolute Gasteiger partial charge is 0.351 e. The first-order valence-corrected chi connectivity index (χ1v) is 10.8. The van der Waals surface area contributed by atoms with Crippen molar-refractivity contribution in [1.29, 1.82) is 0 Å². The average Bonchev–Trinajstić information content (AvgIpc) is 3.18. The molecule has 2 aromatic rings. The fourth-order valence-corrected chi connectivity index (χ4v) is 4.75. The van der Waals surface area contributed by atoms with Crippen molar-refractivity contribution in [3.63, 3.8) is 0 Å². The summed E-state index contributed by atoms with van der Waals surface area (Å²) in [6.07, 6.45) is 0. The third-order valence-electron chi connectivity index (χ3n) is 4.06. The normalized spacial score (nSPS) is 15.0. The van der Waals surface area contributed by atoms with Crippen LogP contribution in [-0.4, -0.2) is 58.5 Å².